The molecule has 0 aliphatic rings. The van der Waals surface area contributed by atoms with Crippen molar-refractivity contribution in [3.63, 3.8) is 0 Å². The van der Waals surface area contributed by atoms with Crippen molar-refractivity contribution in [1.29, 1.82) is 0 Å². The Bertz CT molecular complexity index is 900. The number of methoxy groups -OCH3 is 1. The lowest BCUT2D eigenvalue weighted by Crippen LogP contribution is -2.14. The van der Waals surface area contributed by atoms with E-state index in [-0.39, 0.29) is 4.90 Å². The second kappa shape index (κ2) is 5.58. The van der Waals surface area contributed by atoms with Crippen molar-refractivity contribution >= 4 is 36.7 Å². The van der Waals surface area contributed by atoms with Gasteiger partial charge in [-0.05, 0) is 36.8 Å². The number of hydrogen-bond acceptors (Lipinski definition) is 5. The maximum atomic E-state index is 12.6. The van der Waals surface area contributed by atoms with E-state index in [0.29, 0.717) is 10.9 Å². The van der Waals surface area contributed by atoms with Gasteiger partial charge >= 0.3 is 0 Å². The number of rotatable bonds is 4. The third kappa shape index (κ3) is 2.77. The second-order valence-corrected chi connectivity index (χ2v) is 7.43. The number of anilines is 1. The normalized spacial score (nSPS) is 11.5. The number of nitrogens with one attached hydrogen (secondary N) is 1. The minimum atomic E-state index is -3.75. The number of benzene rings is 2. The number of thiazole rings is 1. The molecule has 1 heterocycles. The van der Waals surface area contributed by atoms with E-state index in [9.17, 15) is 8.42 Å². The number of aromatic nitrogens is 1. The number of ether oxygens (including phenoxy) is 1. The van der Waals surface area contributed by atoms with E-state index in [1.807, 2.05) is 31.2 Å². The van der Waals surface area contributed by atoms with Crippen molar-refractivity contribution in [2.75, 3.05) is 11.8 Å². The summed E-state index contributed by atoms with van der Waals surface area (Å²) in [6, 6.07) is 12.5. The molecule has 2 aromatic carbocycles. The van der Waals surface area contributed by atoms with Crippen molar-refractivity contribution in [3.8, 4) is 5.75 Å². The van der Waals surface area contributed by atoms with E-state index < -0.39 is 10.0 Å². The van der Waals surface area contributed by atoms with Crippen LogP contribution < -0.4 is 9.46 Å². The van der Waals surface area contributed by atoms with Crippen LogP contribution in [0.2, 0.25) is 0 Å². The number of fused-ring (bicyclic) bond motifs is 1. The minimum Gasteiger partial charge on any atom is -0.495 e. The number of aryl methyl sites for hydroxylation is 1. The van der Waals surface area contributed by atoms with Gasteiger partial charge in [0.1, 0.15) is 10.6 Å². The standard InChI is InChI=1S/C15H14N2O3S2/c1-10-7-8-12(20-2)14(9-10)22(18,19)17-15-16-11-5-3-4-6-13(11)21-15/h3-9H,1-2H3,(H,16,17). The Labute approximate surface area is 132 Å². The molecule has 3 aromatic rings. The van der Waals surface area contributed by atoms with Crippen LogP contribution in [0.1, 0.15) is 5.56 Å². The second-order valence-electron chi connectivity index (χ2n) is 4.75. The summed E-state index contributed by atoms with van der Waals surface area (Å²) >= 11 is 1.29. The van der Waals surface area contributed by atoms with Gasteiger partial charge in [-0.15, -0.1) is 0 Å². The first kappa shape index (κ1) is 14.8. The number of nitrogens with zero attached hydrogens (tertiary/aromatic N) is 1. The number of sulfonamides is 1. The highest BCUT2D eigenvalue weighted by Crippen LogP contribution is 2.30. The fraction of sp³-hybridized carbons (Fsp3) is 0.133. The van der Waals surface area contributed by atoms with E-state index in [4.69, 9.17) is 4.74 Å². The molecule has 0 aliphatic carbocycles. The molecule has 0 fully saturated rings. The van der Waals surface area contributed by atoms with Crippen LogP contribution in [0.25, 0.3) is 10.2 Å². The van der Waals surface area contributed by atoms with Gasteiger partial charge in [0.05, 0.1) is 17.3 Å². The van der Waals surface area contributed by atoms with Gasteiger partial charge < -0.3 is 4.74 Å². The number of hydrogen-bond donors (Lipinski definition) is 1. The largest absolute Gasteiger partial charge is 0.495 e. The first-order chi connectivity index (χ1) is 10.5. The molecule has 114 valence electrons. The molecule has 3 rings (SSSR count). The molecule has 0 saturated carbocycles. The van der Waals surface area contributed by atoms with Crippen LogP contribution >= 0.6 is 11.3 Å². The summed E-state index contributed by atoms with van der Waals surface area (Å²) in [5, 5.41) is 0.338. The molecule has 0 radical (unpaired) electrons. The van der Waals surface area contributed by atoms with Crippen LogP contribution in [-0.2, 0) is 10.0 Å². The monoisotopic (exact) mass is 334 g/mol. The molecule has 0 unspecified atom stereocenters. The summed E-state index contributed by atoms with van der Waals surface area (Å²) in [5.74, 6) is 0.305. The molecule has 22 heavy (non-hydrogen) atoms. The predicted molar refractivity (Wildman–Crippen MR) is 88.2 cm³/mol. The van der Waals surface area contributed by atoms with Gasteiger partial charge in [0.15, 0.2) is 5.13 Å². The van der Waals surface area contributed by atoms with Gasteiger partial charge in [-0.25, -0.2) is 13.4 Å². The summed E-state index contributed by atoms with van der Waals surface area (Å²) in [6.45, 7) is 1.83. The molecule has 5 nitrogen and oxygen atoms in total. The van der Waals surface area contributed by atoms with Crippen molar-refractivity contribution in [2.45, 2.75) is 11.8 Å². The Hall–Kier alpha value is -2.12. The molecule has 1 aromatic heterocycles. The van der Waals surface area contributed by atoms with Gasteiger partial charge in [0.2, 0.25) is 0 Å². The Balaban J connectivity index is 2.01. The molecule has 1 N–H and O–H groups in total. The Morgan fingerprint density at radius 3 is 2.68 bits per heavy atom. The first-order valence-electron chi connectivity index (χ1n) is 6.52. The summed E-state index contributed by atoms with van der Waals surface area (Å²) in [5.41, 5.74) is 1.60. The Morgan fingerprint density at radius 2 is 1.95 bits per heavy atom. The van der Waals surface area contributed by atoms with Crippen LogP contribution in [0.4, 0.5) is 5.13 Å². The smallest absolute Gasteiger partial charge is 0.267 e. The highest BCUT2D eigenvalue weighted by Gasteiger charge is 2.21. The lowest BCUT2D eigenvalue weighted by Gasteiger charge is -2.10. The van der Waals surface area contributed by atoms with Crippen molar-refractivity contribution in [3.05, 3.63) is 48.0 Å². The average molecular weight is 334 g/mol. The SMILES string of the molecule is COc1ccc(C)cc1S(=O)(=O)Nc1nc2ccccc2s1. The van der Waals surface area contributed by atoms with E-state index in [0.717, 1.165) is 15.8 Å². The van der Waals surface area contributed by atoms with Crippen molar-refractivity contribution < 1.29 is 13.2 Å². The molecule has 0 bridgehead atoms. The zero-order valence-electron chi connectivity index (χ0n) is 12.0. The fourth-order valence-corrected chi connectivity index (χ4v) is 4.44. The van der Waals surface area contributed by atoms with E-state index in [2.05, 4.69) is 9.71 Å². The van der Waals surface area contributed by atoms with Gasteiger partial charge in [-0.1, -0.05) is 29.5 Å². The maximum absolute atomic E-state index is 12.6. The number of para-hydroxylation sites is 1. The van der Waals surface area contributed by atoms with Gasteiger partial charge in [0, 0.05) is 0 Å². The van der Waals surface area contributed by atoms with Gasteiger partial charge in [-0.3, -0.25) is 4.72 Å². The maximum Gasteiger partial charge on any atom is 0.267 e. The van der Waals surface area contributed by atoms with E-state index in [1.165, 1.54) is 18.4 Å². The Kier molecular flexibility index (Phi) is 3.76. The third-order valence-electron chi connectivity index (χ3n) is 3.12. The fourth-order valence-electron chi connectivity index (χ4n) is 2.08. The summed E-state index contributed by atoms with van der Waals surface area (Å²) in [7, 11) is -2.31. The summed E-state index contributed by atoms with van der Waals surface area (Å²) in [6.07, 6.45) is 0. The van der Waals surface area contributed by atoms with E-state index in [1.54, 1.807) is 18.2 Å². The Morgan fingerprint density at radius 1 is 1.18 bits per heavy atom. The molecular weight excluding hydrogens is 320 g/mol. The van der Waals surface area contributed by atoms with Crippen LogP contribution in [0.15, 0.2) is 47.4 Å². The van der Waals surface area contributed by atoms with Gasteiger partial charge in [-0.2, -0.15) is 0 Å². The topological polar surface area (TPSA) is 68.3 Å². The van der Waals surface area contributed by atoms with Crippen LogP contribution in [0.3, 0.4) is 0 Å². The molecule has 0 spiro atoms. The highest BCUT2D eigenvalue weighted by molar-refractivity contribution is 7.93. The molecule has 0 saturated heterocycles. The average Bonchev–Trinajstić information content (AvgIpc) is 2.88. The zero-order chi connectivity index (χ0) is 15.7. The van der Waals surface area contributed by atoms with Crippen LogP contribution in [0.5, 0.6) is 5.75 Å². The lowest BCUT2D eigenvalue weighted by molar-refractivity contribution is 0.402. The van der Waals surface area contributed by atoms with Crippen molar-refractivity contribution in [2.24, 2.45) is 0 Å². The summed E-state index contributed by atoms with van der Waals surface area (Å²) < 4.78 is 33.8. The van der Waals surface area contributed by atoms with Gasteiger partial charge in [0.25, 0.3) is 10.0 Å². The van der Waals surface area contributed by atoms with E-state index >= 15 is 0 Å². The lowest BCUT2D eigenvalue weighted by atomic mass is 10.2. The molecule has 0 aliphatic heterocycles. The minimum absolute atomic E-state index is 0.106. The van der Waals surface area contributed by atoms with Crippen LogP contribution in [-0.4, -0.2) is 20.5 Å². The van der Waals surface area contributed by atoms with Crippen LogP contribution in [0, 0.1) is 6.92 Å². The third-order valence-corrected chi connectivity index (χ3v) is 5.57. The summed E-state index contributed by atoms with van der Waals surface area (Å²) in [4.78, 5) is 4.39. The van der Waals surface area contributed by atoms with Crippen molar-refractivity contribution in [1.82, 2.24) is 4.98 Å². The molecule has 0 amide bonds. The predicted octanol–water partition coefficient (Wildman–Crippen LogP) is 3.41. The quantitative estimate of drug-likeness (QED) is 0.794. The highest BCUT2D eigenvalue weighted by atomic mass is 32.2. The molecule has 0 atom stereocenters. The first-order valence-corrected chi connectivity index (χ1v) is 8.82. The molecular formula is C15H14N2O3S2. The zero-order valence-corrected chi connectivity index (χ0v) is 13.7. The molecule has 7 heteroatoms.